The number of likely N-dealkylation sites (tertiary alicyclic amines) is 1. The van der Waals surface area contributed by atoms with Crippen molar-refractivity contribution in [1.29, 1.82) is 0 Å². The lowest BCUT2D eigenvalue weighted by atomic mass is 10.0. The van der Waals surface area contributed by atoms with Gasteiger partial charge in [0.25, 0.3) is 0 Å². The molecule has 1 saturated heterocycles. The number of β-amino-alcohol motifs (C(OH)–C–C–N with tert-alkyl or cyclic N) is 1. The van der Waals surface area contributed by atoms with Gasteiger partial charge in [-0.1, -0.05) is 36.4 Å². The fourth-order valence-electron chi connectivity index (χ4n) is 2.67. The second kappa shape index (κ2) is 5.19. The molecule has 0 amide bonds. The molecule has 3 nitrogen and oxygen atoms in total. The number of aliphatic hydroxyl groups is 1. The van der Waals surface area contributed by atoms with Crippen LogP contribution in [-0.4, -0.2) is 42.4 Å². The van der Waals surface area contributed by atoms with Gasteiger partial charge >= 0.3 is 0 Å². The highest BCUT2D eigenvalue weighted by atomic mass is 16.5. The van der Waals surface area contributed by atoms with Crippen LogP contribution in [0.15, 0.2) is 42.5 Å². The van der Waals surface area contributed by atoms with E-state index in [1.807, 2.05) is 31.3 Å². The van der Waals surface area contributed by atoms with Crippen molar-refractivity contribution in [1.82, 2.24) is 4.90 Å². The number of aliphatic hydroxyl groups excluding tert-OH is 1. The third-order valence-corrected chi connectivity index (χ3v) is 3.75. The highest BCUT2D eigenvalue weighted by molar-refractivity contribution is 5.88. The Labute approximate surface area is 113 Å². The molecule has 100 valence electrons. The largest absolute Gasteiger partial charge is 0.487 e. The number of benzene rings is 2. The van der Waals surface area contributed by atoms with Crippen molar-refractivity contribution in [3.05, 3.63) is 42.5 Å². The molecule has 1 aliphatic heterocycles. The van der Waals surface area contributed by atoms with Crippen LogP contribution in [0.1, 0.15) is 6.42 Å². The highest BCUT2D eigenvalue weighted by Gasteiger charge is 2.27. The van der Waals surface area contributed by atoms with E-state index in [2.05, 4.69) is 23.1 Å². The van der Waals surface area contributed by atoms with Gasteiger partial charge in [0, 0.05) is 18.5 Å². The van der Waals surface area contributed by atoms with E-state index in [9.17, 15) is 5.11 Å². The van der Waals surface area contributed by atoms with Crippen LogP contribution < -0.4 is 4.74 Å². The van der Waals surface area contributed by atoms with Crippen LogP contribution in [0.2, 0.25) is 0 Å². The number of fused-ring (bicyclic) bond motifs is 1. The maximum absolute atomic E-state index is 10.1. The molecular formula is C16H19NO2. The van der Waals surface area contributed by atoms with E-state index in [0.29, 0.717) is 6.54 Å². The van der Waals surface area contributed by atoms with Crippen molar-refractivity contribution in [2.45, 2.75) is 18.6 Å². The molecule has 1 fully saturated rings. The number of rotatable bonds is 2. The quantitative estimate of drug-likeness (QED) is 0.896. The zero-order valence-corrected chi connectivity index (χ0v) is 11.1. The van der Waals surface area contributed by atoms with E-state index in [1.165, 1.54) is 5.39 Å². The number of hydrogen-bond acceptors (Lipinski definition) is 3. The van der Waals surface area contributed by atoms with Gasteiger partial charge in [0.15, 0.2) is 0 Å². The SMILES string of the molecule is CN1CC[C@H](Oc2cccc3ccccc23)[C@H](O)C1. The molecule has 2 aromatic rings. The van der Waals surface area contributed by atoms with Crippen LogP contribution in [-0.2, 0) is 0 Å². The molecule has 1 heterocycles. The Morgan fingerprint density at radius 1 is 1.16 bits per heavy atom. The monoisotopic (exact) mass is 257 g/mol. The minimum atomic E-state index is -0.419. The summed E-state index contributed by atoms with van der Waals surface area (Å²) in [6.45, 7) is 1.64. The lowest BCUT2D eigenvalue weighted by Crippen LogP contribution is -2.47. The summed E-state index contributed by atoms with van der Waals surface area (Å²) in [6.07, 6.45) is 0.334. The number of hydrogen-bond donors (Lipinski definition) is 1. The van der Waals surface area contributed by atoms with E-state index < -0.39 is 6.10 Å². The zero-order chi connectivity index (χ0) is 13.2. The van der Waals surface area contributed by atoms with Gasteiger partial charge in [-0.05, 0) is 24.9 Å². The molecule has 0 bridgehead atoms. The van der Waals surface area contributed by atoms with E-state index in [1.54, 1.807) is 0 Å². The van der Waals surface area contributed by atoms with Crippen LogP contribution in [0.4, 0.5) is 0 Å². The lowest BCUT2D eigenvalue weighted by molar-refractivity contribution is -0.0175. The standard InChI is InChI=1S/C16H19NO2/c1-17-10-9-16(14(18)11-17)19-15-8-4-6-12-5-2-3-7-13(12)15/h2-8,14,16,18H,9-11H2,1H3/t14-,16+/m1/s1. The summed E-state index contributed by atoms with van der Waals surface area (Å²) in [5.41, 5.74) is 0. The predicted octanol–water partition coefficient (Wildman–Crippen LogP) is 2.28. The Balaban J connectivity index is 1.85. The van der Waals surface area contributed by atoms with Crippen molar-refractivity contribution < 1.29 is 9.84 Å². The molecule has 1 aliphatic rings. The predicted molar refractivity (Wildman–Crippen MR) is 76.5 cm³/mol. The average molecular weight is 257 g/mol. The van der Waals surface area contributed by atoms with Crippen LogP contribution in [0, 0.1) is 0 Å². The number of nitrogens with zero attached hydrogens (tertiary/aromatic N) is 1. The first-order valence-electron chi connectivity index (χ1n) is 6.75. The van der Waals surface area contributed by atoms with Crippen molar-refractivity contribution in [3.63, 3.8) is 0 Å². The van der Waals surface area contributed by atoms with E-state index >= 15 is 0 Å². The smallest absolute Gasteiger partial charge is 0.127 e. The zero-order valence-electron chi connectivity index (χ0n) is 11.1. The molecule has 0 radical (unpaired) electrons. The van der Waals surface area contributed by atoms with Crippen molar-refractivity contribution in [2.75, 3.05) is 20.1 Å². The fraction of sp³-hybridized carbons (Fsp3) is 0.375. The van der Waals surface area contributed by atoms with Gasteiger partial charge in [0.05, 0.1) is 0 Å². The Hall–Kier alpha value is -1.58. The van der Waals surface area contributed by atoms with Crippen LogP contribution in [0.3, 0.4) is 0 Å². The van der Waals surface area contributed by atoms with Crippen LogP contribution >= 0.6 is 0 Å². The Morgan fingerprint density at radius 3 is 2.79 bits per heavy atom. The van der Waals surface area contributed by atoms with Crippen molar-refractivity contribution in [2.24, 2.45) is 0 Å². The van der Waals surface area contributed by atoms with Gasteiger partial charge in [-0.15, -0.1) is 0 Å². The summed E-state index contributed by atoms with van der Waals surface area (Å²) in [5.74, 6) is 0.867. The van der Waals surface area contributed by atoms with Crippen LogP contribution in [0.25, 0.3) is 10.8 Å². The van der Waals surface area contributed by atoms with Gasteiger partial charge in [-0.2, -0.15) is 0 Å². The van der Waals surface area contributed by atoms with Gasteiger partial charge in [-0.25, -0.2) is 0 Å². The minimum Gasteiger partial charge on any atom is -0.487 e. The normalized spacial score (nSPS) is 24.5. The van der Waals surface area contributed by atoms with Crippen LogP contribution in [0.5, 0.6) is 5.75 Å². The molecule has 2 atom stereocenters. The summed E-state index contributed by atoms with van der Waals surface area (Å²) in [4.78, 5) is 2.13. The molecule has 19 heavy (non-hydrogen) atoms. The number of likely N-dealkylation sites (N-methyl/N-ethyl adjacent to an activating group) is 1. The molecule has 1 N–H and O–H groups in total. The van der Waals surface area contributed by atoms with Crippen molar-refractivity contribution in [3.8, 4) is 5.75 Å². The molecule has 0 unspecified atom stereocenters. The van der Waals surface area contributed by atoms with E-state index in [4.69, 9.17) is 4.74 Å². The summed E-state index contributed by atoms with van der Waals surface area (Å²) < 4.78 is 6.05. The third-order valence-electron chi connectivity index (χ3n) is 3.75. The average Bonchev–Trinajstić information content (AvgIpc) is 2.42. The summed E-state index contributed by atoms with van der Waals surface area (Å²) in [6, 6.07) is 14.2. The molecule has 3 rings (SSSR count). The van der Waals surface area contributed by atoms with E-state index in [0.717, 1.165) is 24.1 Å². The van der Waals surface area contributed by atoms with Crippen molar-refractivity contribution >= 4 is 10.8 Å². The molecule has 2 aromatic carbocycles. The molecule has 0 aromatic heterocycles. The van der Waals surface area contributed by atoms with Gasteiger partial charge in [0.1, 0.15) is 18.0 Å². The molecule has 0 saturated carbocycles. The molecule has 0 spiro atoms. The second-order valence-corrected chi connectivity index (χ2v) is 5.25. The minimum absolute atomic E-state index is 0.109. The maximum Gasteiger partial charge on any atom is 0.127 e. The van der Waals surface area contributed by atoms with Gasteiger partial charge in [-0.3, -0.25) is 0 Å². The second-order valence-electron chi connectivity index (χ2n) is 5.25. The third kappa shape index (κ3) is 2.57. The summed E-state index contributed by atoms with van der Waals surface area (Å²) in [5, 5.41) is 12.4. The Bertz CT molecular complexity index is 564. The lowest BCUT2D eigenvalue weighted by Gasteiger charge is -2.33. The molecule has 3 heteroatoms. The number of piperidine rings is 1. The van der Waals surface area contributed by atoms with Gasteiger partial charge in [0.2, 0.25) is 0 Å². The van der Waals surface area contributed by atoms with E-state index in [-0.39, 0.29) is 6.10 Å². The maximum atomic E-state index is 10.1. The number of ether oxygens (including phenoxy) is 1. The Kier molecular flexibility index (Phi) is 3.40. The topological polar surface area (TPSA) is 32.7 Å². The molecule has 0 aliphatic carbocycles. The molecular weight excluding hydrogens is 238 g/mol. The first kappa shape index (κ1) is 12.5. The first-order valence-corrected chi connectivity index (χ1v) is 6.75. The highest BCUT2D eigenvalue weighted by Crippen LogP contribution is 2.27. The fourth-order valence-corrected chi connectivity index (χ4v) is 2.67. The Morgan fingerprint density at radius 2 is 1.95 bits per heavy atom. The first-order chi connectivity index (χ1) is 9.24. The van der Waals surface area contributed by atoms with Gasteiger partial charge < -0.3 is 14.7 Å². The summed E-state index contributed by atoms with van der Waals surface area (Å²) >= 11 is 0. The summed E-state index contributed by atoms with van der Waals surface area (Å²) in [7, 11) is 2.03.